The Bertz CT molecular complexity index is 473. The highest BCUT2D eigenvalue weighted by molar-refractivity contribution is 9.10. The number of hydrogen-bond donors (Lipinski definition) is 3. The zero-order chi connectivity index (χ0) is 14.5. The highest BCUT2D eigenvalue weighted by Crippen LogP contribution is 2.23. The van der Waals surface area contributed by atoms with E-state index in [9.17, 15) is 4.79 Å². The van der Waals surface area contributed by atoms with Crippen LogP contribution in [0.3, 0.4) is 0 Å². The number of aromatic nitrogens is 1. The lowest BCUT2D eigenvalue weighted by atomic mass is 9.87. The van der Waals surface area contributed by atoms with Gasteiger partial charge in [-0.1, -0.05) is 0 Å². The first-order valence-electron chi connectivity index (χ1n) is 6.90. The molecular formula is C14H20BrN3O2. The summed E-state index contributed by atoms with van der Waals surface area (Å²) < 4.78 is 0.922. The van der Waals surface area contributed by atoms with Gasteiger partial charge in [-0.15, -0.1) is 0 Å². The number of rotatable bonds is 3. The number of nitrogens with zero attached hydrogens (tertiary/aromatic N) is 1. The van der Waals surface area contributed by atoms with Gasteiger partial charge in [0.1, 0.15) is 5.82 Å². The molecular weight excluding hydrogens is 322 g/mol. The summed E-state index contributed by atoms with van der Waals surface area (Å²) in [5, 5.41) is 14.8. The molecule has 1 aromatic rings. The number of aliphatic hydroxyl groups excluding tert-OH is 1. The van der Waals surface area contributed by atoms with Crippen LogP contribution in [-0.4, -0.2) is 28.8 Å². The fourth-order valence-electron chi connectivity index (χ4n) is 2.44. The van der Waals surface area contributed by atoms with Gasteiger partial charge in [0.05, 0.1) is 5.69 Å². The molecule has 1 aromatic heterocycles. The molecule has 0 unspecified atom stereocenters. The summed E-state index contributed by atoms with van der Waals surface area (Å²) in [6.45, 7) is 2.13. The second kappa shape index (κ2) is 7.04. The molecule has 2 amide bonds. The van der Waals surface area contributed by atoms with Gasteiger partial charge in [0.15, 0.2) is 0 Å². The van der Waals surface area contributed by atoms with Gasteiger partial charge in [-0.2, -0.15) is 0 Å². The lowest BCUT2D eigenvalue weighted by Crippen LogP contribution is -2.40. The van der Waals surface area contributed by atoms with Crippen LogP contribution < -0.4 is 10.6 Å². The Kier molecular flexibility index (Phi) is 5.37. The van der Waals surface area contributed by atoms with Crippen LogP contribution in [-0.2, 0) is 0 Å². The van der Waals surface area contributed by atoms with Crippen molar-refractivity contribution in [3.8, 4) is 0 Å². The van der Waals surface area contributed by atoms with Crippen molar-refractivity contribution < 1.29 is 9.90 Å². The molecule has 5 nitrogen and oxygen atoms in total. The molecule has 6 heteroatoms. The second-order valence-electron chi connectivity index (χ2n) is 5.26. The van der Waals surface area contributed by atoms with Crippen LogP contribution >= 0.6 is 15.9 Å². The number of carbonyl (C=O) groups excluding carboxylic acids is 1. The van der Waals surface area contributed by atoms with Gasteiger partial charge in [0, 0.05) is 17.1 Å². The molecule has 20 heavy (non-hydrogen) atoms. The average Bonchev–Trinajstić information content (AvgIpc) is 2.44. The largest absolute Gasteiger partial charge is 0.396 e. The smallest absolute Gasteiger partial charge is 0.320 e. The number of pyridine rings is 1. The van der Waals surface area contributed by atoms with Crippen molar-refractivity contribution in [3.05, 3.63) is 22.3 Å². The van der Waals surface area contributed by atoms with Crippen molar-refractivity contribution in [2.75, 3.05) is 11.9 Å². The van der Waals surface area contributed by atoms with Crippen molar-refractivity contribution in [2.45, 2.75) is 38.6 Å². The lowest BCUT2D eigenvalue weighted by Gasteiger charge is -2.27. The van der Waals surface area contributed by atoms with Crippen LogP contribution in [0.1, 0.15) is 31.4 Å². The molecule has 1 aliphatic carbocycles. The predicted molar refractivity (Wildman–Crippen MR) is 81.7 cm³/mol. The topological polar surface area (TPSA) is 74.2 Å². The molecule has 0 aromatic carbocycles. The van der Waals surface area contributed by atoms with E-state index >= 15 is 0 Å². The van der Waals surface area contributed by atoms with Crippen molar-refractivity contribution in [3.63, 3.8) is 0 Å². The van der Waals surface area contributed by atoms with Gasteiger partial charge in [0.25, 0.3) is 0 Å². The maximum atomic E-state index is 11.9. The lowest BCUT2D eigenvalue weighted by molar-refractivity contribution is 0.176. The minimum Gasteiger partial charge on any atom is -0.396 e. The molecule has 1 heterocycles. The number of hydrogen-bond acceptors (Lipinski definition) is 3. The second-order valence-corrected chi connectivity index (χ2v) is 6.12. The van der Waals surface area contributed by atoms with Gasteiger partial charge in [-0.05, 0) is 66.6 Å². The summed E-state index contributed by atoms with van der Waals surface area (Å²) in [5.74, 6) is 0.944. The summed E-state index contributed by atoms with van der Waals surface area (Å²) in [7, 11) is 0. The minimum atomic E-state index is -0.216. The zero-order valence-corrected chi connectivity index (χ0v) is 13.1. The summed E-state index contributed by atoms with van der Waals surface area (Å²) >= 11 is 3.38. The molecule has 1 fully saturated rings. The number of carbonyl (C=O) groups is 1. The molecule has 0 aliphatic heterocycles. The van der Waals surface area contributed by atoms with E-state index in [1.165, 1.54) is 0 Å². The van der Waals surface area contributed by atoms with E-state index in [1.54, 1.807) is 6.07 Å². The summed E-state index contributed by atoms with van der Waals surface area (Å²) in [6.07, 6.45) is 3.78. The minimum absolute atomic E-state index is 0.189. The number of halogens is 1. The van der Waals surface area contributed by atoms with Crippen LogP contribution in [0.4, 0.5) is 10.6 Å². The van der Waals surface area contributed by atoms with Crippen LogP contribution in [0.5, 0.6) is 0 Å². The van der Waals surface area contributed by atoms with Crippen molar-refractivity contribution in [1.29, 1.82) is 0 Å². The molecule has 0 spiro atoms. The Morgan fingerprint density at radius 3 is 2.70 bits per heavy atom. The van der Waals surface area contributed by atoms with Crippen LogP contribution in [0, 0.1) is 12.8 Å². The third kappa shape index (κ3) is 4.18. The SMILES string of the molecule is Cc1nc(NC(=O)NC2CCC(CO)CC2)ccc1Br. The van der Waals surface area contributed by atoms with E-state index in [2.05, 4.69) is 31.5 Å². The van der Waals surface area contributed by atoms with Crippen LogP contribution in [0.25, 0.3) is 0 Å². The fraction of sp³-hybridized carbons (Fsp3) is 0.571. The Morgan fingerprint density at radius 1 is 1.40 bits per heavy atom. The standard InChI is InChI=1S/C14H20BrN3O2/c1-9-12(15)6-7-13(16-9)18-14(20)17-11-4-2-10(8-19)3-5-11/h6-7,10-11,19H,2-5,8H2,1H3,(H2,16,17,18,20). The Balaban J connectivity index is 1.82. The third-order valence-corrected chi connectivity index (χ3v) is 4.54. The van der Waals surface area contributed by atoms with E-state index in [1.807, 2.05) is 13.0 Å². The first kappa shape index (κ1) is 15.3. The highest BCUT2D eigenvalue weighted by Gasteiger charge is 2.21. The van der Waals surface area contributed by atoms with Crippen molar-refractivity contribution in [1.82, 2.24) is 10.3 Å². The van der Waals surface area contributed by atoms with Gasteiger partial charge in [-0.25, -0.2) is 9.78 Å². The predicted octanol–water partition coefficient (Wildman–Crippen LogP) is 2.83. The molecule has 0 atom stereocenters. The summed E-state index contributed by atoms with van der Waals surface area (Å²) in [5.41, 5.74) is 0.839. The molecule has 110 valence electrons. The van der Waals surface area contributed by atoms with E-state index in [4.69, 9.17) is 5.11 Å². The average molecular weight is 342 g/mol. The number of urea groups is 1. The number of anilines is 1. The van der Waals surface area contributed by atoms with Crippen LogP contribution in [0.15, 0.2) is 16.6 Å². The maximum absolute atomic E-state index is 11.9. The molecule has 1 aliphatic rings. The monoisotopic (exact) mass is 341 g/mol. The number of aliphatic hydroxyl groups is 1. The number of nitrogens with one attached hydrogen (secondary N) is 2. The molecule has 0 bridgehead atoms. The fourth-order valence-corrected chi connectivity index (χ4v) is 2.66. The third-order valence-electron chi connectivity index (χ3n) is 3.70. The molecule has 0 saturated heterocycles. The molecule has 1 saturated carbocycles. The maximum Gasteiger partial charge on any atom is 0.320 e. The number of amides is 2. The van der Waals surface area contributed by atoms with E-state index in [0.29, 0.717) is 11.7 Å². The van der Waals surface area contributed by atoms with Crippen LogP contribution in [0.2, 0.25) is 0 Å². The quantitative estimate of drug-likeness (QED) is 0.791. The molecule has 2 rings (SSSR count). The van der Waals surface area contributed by atoms with E-state index in [-0.39, 0.29) is 18.7 Å². The Labute approximate surface area is 127 Å². The van der Waals surface area contributed by atoms with Gasteiger partial charge in [0.2, 0.25) is 0 Å². The van der Waals surface area contributed by atoms with E-state index in [0.717, 1.165) is 35.8 Å². The van der Waals surface area contributed by atoms with Gasteiger partial charge in [-0.3, -0.25) is 5.32 Å². The summed E-state index contributed by atoms with van der Waals surface area (Å²) in [4.78, 5) is 16.2. The molecule has 3 N–H and O–H groups in total. The summed E-state index contributed by atoms with van der Waals surface area (Å²) in [6, 6.07) is 3.60. The first-order chi connectivity index (χ1) is 9.58. The highest BCUT2D eigenvalue weighted by atomic mass is 79.9. The Hall–Kier alpha value is -1.14. The van der Waals surface area contributed by atoms with Crippen molar-refractivity contribution in [2.24, 2.45) is 5.92 Å². The number of aryl methyl sites for hydroxylation is 1. The van der Waals surface area contributed by atoms with Gasteiger partial charge < -0.3 is 10.4 Å². The molecule has 0 radical (unpaired) electrons. The Morgan fingerprint density at radius 2 is 2.10 bits per heavy atom. The van der Waals surface area contributed by atoms with Crippen molar-refractivity contribution >= 4 is 27.8 Å². The van der Waals surface area contributed by atoms with Gasteiger partial charge >= 0.3 is 6.03 Å². The zero-order valence-electron chi connectivity index (χ0n) is 11.5. The normalized spacial score (nSPS) is 22.4. The van der Waals surface area contributed by atoms with E-state index < -0.39 is 0 Å². The first-order valence-corrected chi connectivity index (χ1v) is 7.69.